The lowest BCUT2D eigenvalue weighted by Gasteiger charge is -2.04. The molecule has 1 unspecified atom stereocenters. The largest absolute Gasteiger partial charge is 0.270 e. The lowest BCUT2D eigenvalue weighted by Crippen LogP contribution is -2.35. The molecule has 0 bridgehead atoms. The Labute approximate surface area is 103 Å². The number of pyridine rings is 1. The number of halogens is 1. The first-order valence-electron chi connectivity index (χ1n) is 5.02. The van der Waals surface area contributed by atoms with Crippen LogP contribution in [0.25, 0.3) is 0 Å². The van der Waals surface area contributed by atoms with E-state index in [0.29, 0.717) is 5.56 Å². The molecule has 0 aliphatic heterocycles. The fourth-order valence-corrected chi connectivity index (χ4v) is 1.79. The molecule has 0 radical (unpaired) electrons. The van der Waals surface area contributed by atoms with E-state index < -0.39 is 10.4 Å². The lowest BCUT2D eigenvalue weighted by molar-refractivity contribution is -0.694. The molecule has 0 spiro atoms. The molecule has 0 aliphatic rings. The first kappa shape index (κ1) is 11.5. The van der Waals surface area contributed by atoms with Crippen molar-refractivity contribution < 1.29 is 9.49 Å². The third kappa shape index (κ3) is 2.60. The van der Waals surface area contributed by atoms with E-state index in [2.05, 4.69) is 0 Å². The fourth-order valence-electron chi connectivity index (χ4n) is 1.52. The summed E-state index contributed by atoms with van der Waals surface area (Å²) in [5, 5.41) is 10.7. The van der Waals surface area contributed by atoms with Crippen molar-refractivity contribution in [3.63, 3.8) is 0 Å². The third-order valence-electron chi connectivity index (χ3n) is 2.36. The van der Waals surface area contributed by atoms with Crippen molar-refractivity contribution in [1.29, 1.82) is 0 Å². The molecular weight excluding hydrogens is 240 g/mol. The fraction of sp³-hybridized carbons (Fsp3) is 0.0833. The molecule has 1 aromatic heterocycles. The Bertz CT molecular complexity index is 531. The Kier molecular flexibility index (Phi) is 3.35. The van der Waals surface area contributed by atoms with Crippen LogP contribution in [0, 0.1) is 10.1 Å². The van der Waals surface area contributed by atoms with E-state index in [0.717, 1.165) is 0 Å². The minimum Gasteiger partial charge on any atom is -0.258 e. The van der Waals surface area contributed by atoms with Crippen molar-refractivity contribution in [2.45, 2.75) is 5.50 Å². The second-order valence-electron chi connectivity index (χ2n) is 3.51. The summed E-state index contributed by atoms with van der Waals surface area (Å²) in [5.41, 5.74) is 0.290. The summed E-state index contributed by atoms with van der Waals surface area (Å²) in [6.07, 6.45) is 3.63. The molecule has 4 nitrogen and oxygen atoms in total. The van der Waals surface area contributed by atoms with Crippen LogP contribution in [0.4, 0.5) is 5.69 Å². The molecule has 86 valence electrons. The number of nitro groups is 1. The van der Waals surface area contributed by atoms with E-state index in [1.54, 1.807) is 16.7 Å². The van der Waals surface area contributed by atoms with Gasteiger partial charge in [0.1, 0.15) is 0 Å². The highest BCUT2D eigenvalue weighted by molar-refractivity contribution is 6.19. The highest BCUT2D eigenvalue weighted by Crippen LogP contribution is 2.21. The van der Waals surface area contributed by atoms with Crippen LogP contribution >= 0.6 is 11.6 Å². The average Bonchev–Trinajstić information content (AvgIpc) is 2.39. The highest BCUT2D eigenvalue weighted by Gasteiger charge is 2.19. The number of hydrogen-bond donors (Lipinski definition) is 0. The van der Waals surface area contributed by atoms with Gasteiger partial charge in [-0.3, -0.25) is 10.1 Å². The van der Waals surface area contributed by atoms with Gasteiger partial charge in [-0.2, -0.15) is 4.57 Å². The van der Waals surface area contributed by atoms with Gasteiger partial charge < -0.3 is 0 Å². The Morgan fingerprint density at radius 3 is 2.53 bits per heavy atom. The van der Waals surface area contributed by atoms with Gasteiger partial charge in [0.2, 0.25) is 0 Å². The van der Waals surface area contributed by atoms with Crippen molar-refractivity contribution in [3.8, 4) is 0 Å². The van der Waals surface area contributed by atoms with E-state index in [-0.39, 0.29) is 5.69 Å². The van der Waals surface area contributed by atoms with Gasteiger partial charge in [-0.05, 0) is 11.6 Å². The number of non-ortho nitro benzene ring substituents is 1. The molecule has 1 heterocycles. The third-order valence-corrected chi connectivity index (χ3v) is 2.83. The zero-order valence-electron chi connectivity index (χ0n) is 8.86. The van der Waals surface area contributed by atoms with E-state index in [4.69, 9.17) is 11.6 Å². The molecule has 0 saturated carbocycles. The number of hydrogen-bond acceptors (Lipinski definition) is 2. The van der Waals surface area contributed by atoms with E-state index >= 15 is 0 Å². The summed E-state index contributed by atoms with van der Waals surface area (Å²) < 4.78 is 1.78. The molecule has 0 amide bonds. The van der Waals surface area contributed by atoms with Crippen LogP contribution in [-0.2, 0) is 0 Å². The molecule has 5 heteroatoms. The van der Waals surface area contributed by atoms with Crippen LogP contribution in [0.5, 0.6) is 0 Å². The maximum Gasteiger partial charge on any atom is 0.270 e. The summed E-state index contributed by atoms with van der Waals surface area (Å²) in [6, 6.07) is 11.9. The van der Waals surface area contributed by atoms with Crippen LogP contribution in [0.15, 0.2) is 54.9 Å². The predicted molar refractivity (Wildman–Crippen MR) is 63.7 cm³/mol. The standard InChI is InChI=1S/C12H10ClN2O2/c13-12(14-7-2-1-3-8-14)10-5-4-6-11(9-10)15(16)17/h1-9,12H/q+1. The minimum absolute atomic E-state index is 0.0460. The first-order valence-corrected chi connectivity index (χ1v) is 5.46. The van der Waals surface area contributed by atoms with Crippen LogP contribution in [0.3, 0.4) is 0 Å². The average molecular weight is 250 g/mol. The van der Waals surface area contributed by atoms with Crippen LogP contribution in [0.2, 0.25) is 0 Å². The molecule has 0 saturated heterocycles. The number of aromatic nitrogens is 1. The monoisotopic (exact) mass is 249 g/mol. The molecule has 1 aromatic carbocycles. The van der Waals surface area contributed by atoms with Gasteiger partial charge in [-0.1, -0.05) is 18.2 Å². The molecule has 17 heavy (non-hydrogen) atoms. The SMILES string of the molecule is O=[N+]([O-])c1cccc(C(Cl)[n+]2ccccc2)c1. The van der Waals surface area contributed by atoms with Gasteiger partial charge in [0.25, 0.3) is 11.2 Å². The lowest BCUT2D eigenvalue weighted by atomic mass is 10.2. The second kappa shape index (κ2) is 4.93. The van der Waals surface area contributed by atoms with E-state index in [9.17, 15) is 10.1 Å². The summed E-state index contributed by atoms with van der Waals surface area (Å²) in [7, 11) is 0. The summed E-state index contributed by atoms with van der Waals surface area (Å²) in [6.45, 7) is 0. The zero-order valence-corrected chi connectivity index (χ0v) is 9.62. The van der Waals surface area contributed by atoms with Crippen molar-refractivity contribution in [3.05, 3.63) is 70.5 Å². The van der Waals surface area contributed by atoms with E-state index in [1.807, 2.05) is 30.6 Å². The normalized spacial score (nSPS) is 12.1. The van der Waals surface area contributed by atoms with Gasteiger partial charge in [-0.25, -0.2) is 0 Å². The summed E-state index contributed by atoms with van der Waals surface area (Å²) >= 11 is 6.25. The van der Waals surface area contributed by atoms with Crippen molar-refractivity contribution in [2.24, 2.45) is 0 Å². The number of nitro benzene ring substituents is 1. The van der Waals surface area contributed by atoms with Gasteiger partial charge in [-0.15, -0.1) is 0 Å². The van der Waals surface area contributed by atoms with Crippen molar-refractivity contribution >= 4 is 17.3 Å². The Morgan fingerprint density at radius 1 is 1.18 bits per heavy atom. The number of alkyl halides is 1. The molecular formula is C12H10ClN2O2+. The predicted octanol–water partition coefficient (Wildman–Crippen LogP) is 2.67. The maximum atomic E-state index is 10.7. The van der Waals surface area contributed by atoms with Crippen molar-refractivity contribution in [1.82, 2.24) is 0 Å². The molecule has 1 atom stereocenters. The number of rotatable bonds is 3. The van der Waals surface area contributed by atoms with E-state index in [1.165, 1.54) is 12.1 Å². The molecule has 0 fully saturated rings. The van der Waals surface area contributed by atoms with Crippen LogP contribution < -0.4 is 4.57 Å². The van der Waals surface area contributed by atoms with Gasteiger partial charge in [0.05, 0.1) is 4.92 Å². The molecule has 0 N–H and O–H groups in total. The Hall–Kier alpha value is -1.94. The quantitative estimate of drug-likeness (QED) is 0.363. The second-order valence-corrected chi connectivity index (χ2v) is 3.92. The summed E-state index contributed by atoms with van der Waals surface area (Å²) in [4.78, 5) is 10.2. The van der Waals surface area contributed by atoms with Gasteiger partial charge in [0, 0.05) is 29.8 Å². The van der Waals surface area contributed by atoms with Crippen molar-refractivity contribution in [2.75, 3.05) is 0 Å². The Balaban J connectivity index is 2.34. The molecule has 2 rings (SSSR count). The number of benzene rings is 1. The molecule has 2 aromatic rings. The minimum atomic E-state index is -0.448. The summed E-state index contributed by atoms with van der Waals surface area (Å²) in [5.74, 6) is 0. The highest BCUT2D eigenvalue weighted by atomic mass is 35.5. The molecule has 0 aliphatic carbocycles. The zero-order chi connectivity index (χ0) is 12.3. The van der Waals surface area contributed by atoms with Gasteiger partial charge in [0.15, 0.2) is 12.4 Å². The topological polar surface area (TPSA) is 47.0 Å². The van der Waals surface area contributed by atoms with Crippen LogP contribution in [-0.4, -0.2) is 4.92 Å². The smallest absolute Gasteiger partial charge is 0.258 e. The maximum absolute atomic E-state index is 10.7. The van der Waals surface area contributed by atoms with Crippen LogP contribution in [0.1, 0.15) is 11.1 Å². The number of nitrogens with zero attached hydrogens (tertiary/aromatic N) is 2. The Morgan fingerprint density at radius 2 is 1.88 bits per heavy atom. The first-order chi connectivity index (χ1) is 8.18. The van der Waals surface area contributed by atoms with Gasteiger partial charge >= 0.3 is 0 Å².